The highest BCUT2D eigenvalue weighted by molar-refractivity contribution is 5.73. The molecular formula is C16H25NO2. The maximum Gasteiger partial charge on any atom is 0.320 e. The monoisotopic (exact) mass is 263 g/mol. The third-order valence-electron chi connectivity index (χ3n) is 6.39. The Labute approximate surface area is 115 Å². The zero-order chi connectivity index (χ0) is 13.0. The molecule has 5 fully saturated rings. The van der Waals surface area contributed by atoms with Crippen molar-refractivity contribution < 1.29 is 9.90 Å². The fourth-order valence-electron chi connectivity index (χ4n) is 6.01. The van der Waals surface area contributed by atoms with E-state index in [4.69, 9.17) is 0 Å². The number of hydrogen-bond acceptors (Lipinski definition) is 2. The van der Waals surface area contributed by atoms with Crippen LogP contribution < -0.4 is 0 Å². The van der Waals surface area contributed by atoms with Crippen molar-refractivity contribution in [2.75, 3.05) is 6.54 Å². The Morgan fingerprint density at radius 3 is 2.16 bits per heavy atom. The van der Waals surface area contributed by atoms with Crippen LogP contribution in [0, 0.1) is 23.7 Å². The lowest BCUT2D eigenvalue weighted by atomic mass is 9.53. The quantitative estimate of drug-likeness (QED) is 0.833. The first-order chi connectivity index (χ1) is 9.22. The van der Waals surface area contributed by atoms with E-state index in [-0.39, 0.29) is 6.04 Å². The number of hydrogen-bond donors (Lipinski definition) is 1. The second kappa shape index (κ2) is 4.47. The predicted molar refractivity (Wildman–Crippen MR) is 72.8 cm³/mol. The van der Waals surface area contributed by atoms with Gasteiger partial charge >= 0.3 is 5.97 Å². The summed E-state index contributed by atoms with van der Waals surface area (Å²) in [6.07, 6.45) is 10.2. The van der Waals surface area contributed by atoms with Crippen LogP contribution in [0.15, 0.2) is 0 Å². The number of carboxylic acid groups (broad SMARTS) is 1. The maximum absolute atomic E-state index is 11.6. The van der Waals surface area contributed by atoms with E-state index in [1.807, 2.05) is 0 Å². The third kappa shape index (κ3) is 1.93. The average molecular weight is 263 g/mol. The Morgan fingerprint density at radius 2 is 1.58 bits per heavy atom. The highest BCUT2D eigenvalue weighted by Gasteiger charge is 2.51. The number of likely N-dealkylation sites (tertiary alicyclic amines) is 1. The van der Waals surface area contributed by atoms with Crippen LogP contribution in [-0.4, -0.2) is 34.6 Å². The van der Waals surface area contributed by atoms with Crippen molar-refractivity contribution in [3.05, 3.63) is 0 Å². The molecule has 1 unspecified atom stereocenters. The Kier molecular flexibility index (Phi) is 2.87. The molecule has 5 aliphatic rings. The van der Waals surface area contributed by atoms with Crippen LogP contribution in [0.5, 0.6) is 0 Å². The molecular weight excluding hydrogens is 238 g/mol. The smallest absolute Gasteiger partial charge is 0.320 e. The second-order valence-electron chi connectivity index (χ2n) is 7.51. The van der Waals surface area contributed by atoms with Gasteiger partial charge in [0, 0.05) is 6.04 Å². The first-order valence-electron chi connectivity index (χ1n) is 8.21. The van der Waals surface area contributed by atoms with Gasteiger partial charge < -0.3 is 5.11 Å². The van der Waals surface area contributed by atoms with Gasteiger partial charge in [0.2, 0.25) is 0 Å². The lowest BCUT2D eigenvalue weighted by Crippen LogP contribution is -2.60. The minimum Gasteiger partial charge on any atom is -0.480 e. The molecule has 19 heavy (non-hydrogen) atoms. The van der Waals surface area contributed by atoms with Gasteiger partial charge in [-0.05, 0) is 75.2 Å². The van der Waals surface area contributed by atoms with E-state index in [2.05, 4.69) is 4.90 Å². The number of nitrogens with zero attached hydrogens (tertiary/aromatic N) is 1. The molecule has 0 aromatic carbocycles. The highest BCUT2D eigenvalue weighted by atomic mass is 16.4. The third-order valence-corrected chi connectivity index (χ3v) is 6.39. The summed E-state index contributed by atoms with van der Waals surface area (Å²) >= 11 is 0. The molecule has 5 rings (SSSR count). The average Bonchev–Trinajstić information content (AvgIpc) is 2.37. The van der Waals surface area contributed by atoms with Crippen LogP contribution in [0.25, 0.3) is 0 Å². The number of rotatable bonds is 2. The molecule has 1 N–H and O–H groups in total. The minimum atomic E-state index is -0.575. The number of piperidine rings is 1. The molecule has 106 valence electrons. The Hall–Kier alpha value is -0.570. The Balaban J connectivity index is 1.59. The van der Waals surface area contributed by atoms with Crippen molar-refractivity contribution >= 4 is 5.97 Å². The Bertz CT molecular complexity index is 353. The van der Waals surface area contributed by atoms with E-state index in [0.717, 1.165) is 43.1 Å². The van der Waals surface area contributed by atoms with E-state index in [0.29, 0.717) is 6.04 Å². The van der Waals surface area contributed by atoms with E-state index >= 15 is 0 Å². The molecule has 0 amide bonds. The SMILES string of the molecule is O=C(O)C1CCCCN1C1C2CC3CC(C2)CC1C3. The topological polar surface area (TPSA) is 40.5 Å². The summed E-state index contributed by atoms with van der Waals surface area (Å²) < 4.78 is 0. The largest absolute Gasteiger partial charge is 0.480 e. The number of carboxylic acids is 1. The molecule has 3 nitrogen and oxygen atoms in total. The summed E-state index contributed by atoms with van der Waals surface area (Å²) in [6, 6.07) is 0.422. The first kappa shape index (κ1) is 12.2. The normalized spacial score (nSPS) is 49.5. The van der Waals surface area contributed by atoms with Crippen LogP contribution in [0.4, 0.5) is 0 Å². The van der Waals surface area contributed by atoms with Crippen LogP contribution in [-0.2, 0) is 4.79 Å². The van der Waals surface area contributed by atoms with Gasteiger partial charge in [0.1, 0.15) is 6.04 Å². The van der Waals surface area contributed by atoms with E-state index in [1.54, 1.807) is 0 Å². The van der Waals surface area contributed by atoms with Crippen molar-refractivity contribution in [2.45, 2.75) is 63.5 Å². The summed E-state index contributed by atoms with van der Waals surface area (Å²) in [4.78, 5) is 14.0. The molecule has 4 aliphatic carbocycles. The molecule has 0 aromatic rings. The molecule has 1 saturated heterocycles. The molecule has 1 aliphatic heterocycles. The van der Waals surface area contributed by atoms with Gasteiger partial charge in [-0.15, -0.1) is 0 Å². The molecule has 0 radical (unpaired) electrons. The lowest BCUT2D eigenvalue weighted by Gasteiger charge is -2.58. The Morgan fingerprint density at radius 1 is 0.947 bits per heavy atom. The number of carbonyl (C=O) groups is 1. The maximum atomic E-state index is 11.6. The van der Waals surface area contributed by atoms with Crippen molar-refractivity contribution in [3.8, 4) is 0 Å². The predicted octanol–water partition coefficient (Wildman–Crippen LogP) is 2.75. The highest BCUT2D eigenvalue weighted by Crippen LogP contribution is 2.55. The number of aliphatic carboxylic acids is 1. The van der Waals surface area contributed by atoms with Gasteiger partial charge in [-0.1, -0.05) is 6.42 Å². The summed E-state index contributed by atoms with van der Waals surface area (Å²) in [5, 5.41) is 9.52. The van der Waals surface area contributed by atoms with Crippen molar-refractivity contribution in [2.24, 2.45) is 23.7 Å². The molecule has 4 bridgehead atoms. The van der Waals surface area contributed by atoms with Crippen molar-refractivity contribution in [3.63, 3.8) is 0 Å². The summed E-state index contributed by atoms with van der Waals surface area (Å²) in [5.74, 6) is 3.01. The molecule has 1 heterocycles. The van der Waals surface area contributed by atoms with Gasteiger partial charge in [0.05, 0.1) is 0 Å². The molecule has 0 aromatic heterocycles. The van der Waals surface area contributed by atoms with Gasteiger partial charge in [-0.25, -0.2) is 0 Å². The van der Waals surface area contributed by atoms with Crippen molar-refractivity contribution in [1.29, 1.82) is 0 Å². The second-order valence-corrected chi connectivity index (χ2v) is 7.51. The standard InChI is InChI=1S/C16H25NO2/c18-16(19)14-3-1-2-4-17(14)15-12-6-10-5-11(8-12)9-13(15)7-10/h10-15H,1-9H2,(H,18,19). The van der Waals surface area contributed by atoms with E-state index in [1.165, 1.54) is 38.5 Å². The summed E-state index contributed by atoms with van der Waals surface area (Å²) in [7, 11) is 0. The molecule has 0 spiro atoms. The zero-order valence-corrected chi connectivity index (χ0v) is 11.6. The van der Waals surface area contributed by atoms with E-state index < -0.39 is 5.97 Å². The van der Waals surface area contributed by atoms with Gasteiger partial charge in [0.15, 0.2) is 0 Å². The molecule has 4 saturated carbocycles. The van der Waals surface area contributed by atoms with Crippen LogP contribution in [0.2, 0.25) is 0 Å². The molecule has 3 heteroatoms. The van der Waals surface area contributed by atoms with E-state index in [9.17, 15) is 9.90 Å². The fourth-order valence-corrected chi connectivity index (χ4v) is 6.01. The van der Waals surface area contributed by atoms with Gasteiger partial charge in [-0.3, -0.25) is 9.69 Å². The first-order valence-corrected chi connectivity index (χ1v) is 8.21. The van der Waals surface area contributed by atoms with Crippen LogP contribution in [0.1, 0.15) is 51.4 Å². The summed E-state index contributed by atoms with van der Waals surface area (Å²) in [5.41, 5.74) is 0. The fraction of sp³-hybridized carbons (Fsp3) is 0.938. The van der Waals surface area contributed by atoms with Crippen LogP contribution >= 0.6 is 0 Å². The summed E-state index contributed by atoms with van der Waals surface area (Å²) in [6.45, 7) is 1.03. The molecule has 1 atom stereocenters. The van der Waals surface area contributed by atoms with Gasteiger partial charge in [0.25, 0.3) is 0 Å². The zero-order valence-electron chi connectivity index (χ0n) is 11.6. The van der Waals surface area contributed by atoms with Crippen molar-refractivity contribution in [1.82, 2.24) is 4.90 Å². The van der Waals surface area contributed by atoms with Crippen LogP contribution in [0.3, 0.4) is 0 Å². The van der Waals surface area contributed by atoms with Gasteiger partial charge in [-0.2, -0.15) is 0 Å². The minimum absolute atomic E-state index is 0.184. The lowest BCUT2D eigenvalue weighted by molar-refractivity contribution is -0.152.